The van der Waals surface area contributed by atoms with E-state index >= 15 is 0 Å². The van der Waals surface area contributed by atoms with E-state index in [1.807, 2.05) is 54.6 Å². The van der Waals surface area contributed by atoms with Crippen LogP contribution in [0.25, 0.3) is 0 Å². The van der Waals surface area contributed by atoms with E-state index in [4.69, 9.17) is 11.6 Å². The van der Waals surface area contributed by atoms with Crippen molar-refractivity contribution in [2.45, 2.75) is 13.1 Å². The van der Waals surface area contributed by atoms with Gasteiger partial charge in [-0.15, -0.1) is 0 Å². The van der Waals surface area contributed by atoms with Crippen LogP contribution in [0, 0.1) is 0 Å². The van der Waals surface area contributed by atoms with Crippen LogP contribution in [0.3, 0.4) is 0 Å². The van der Waals surface area contributed by atoms with Crippen molar-refractivity contribution in [1.82, 2.24) is 15.1 Å². The standard InChI is InChI=1S/C23H24ClN5O2/c24-19-7-4-8-20(15-19)27-11-13-28(14-12-27)21-9-10-23(31)29(26-21)17-22(30)25-16-18-5-2-1-3-6-18/h1-10,15H,11-14,16-17H2,(H,25,30). The Kier molecular flexibility index (Phi) is 6.52. The van der Waals surface area contributed by atoms with E-state index in [0.29, 0.717) is 12.4 Å². The zero-order chi connectivity index (χ0) is 21.6. The molecule has 1 N–H and O–H groups in total. The zero-order valence-electron chi connectivity index (χ0n) is 17.1. The van der Waals surface area contributed by atoms with Crippen LogP contribution in [-0.4, -0.2) is 41.9 Å². The largest absolute Gasteiger partial charge is 0.368 e. The topological polar surface area (TPSA) is 70.5 Å². The van der Waals surface area contributed by atoms with Crippen molar-refractivity contribution in [3.05, 3.63) is 87.7 Å². The summed E-state index contributed by atoms with van der Waals surface area (Å²) >= 11 is 6.11. The molecule has 1 saturated heterocycles. The van der Waals surface area contributed by atoms with Gasteiger partial charge >= 0.3 is 0 Å². The van der Waals surface area contributed by atoms with Crippen LogP contribution in [0.15, 0.2) is 71.5 Å². The average Bonchev–Trinajstić information content (AvgIpc) is 2.80. The third kappa shape index (κ3) is 5.44. The van der Waals surface area contributed by atoms with Crippen molar-refractivity contribution in [3.8, 4) is 0 Å². The lowest BCUT2D eigenvalue weighted by Gasteiger charge is -2.36. The summed E-state index contributed by atoms with van der Waals surface area (Å²) in [6.07, 6.45) is 0. The Morgan fingerprint density at radius 2 is 1.68 bits per heavy atom. The van der Waals surface area contributed by atoms with Crippen LogP contribution in [0.1, 0.15) is 5.56 Å². The summed E-state index contributed by atoms with van der Waals surface area (Å²) in [4.78, 5) is 28.9. The summed E-state index contributed by atoms with van der Waals surface area (Å²) in [5, 5.41) is 7.99. The molecule has 0 saturated carbocycles. The lowest BCUT2D eigenvalue weighted by atomic mass is 10.2. The van der Waals surface area contributed by atoms with Gasteiger partial charge in [-0.1, -0.05) is 48.0 Å². The first-order valence-corrected chi connectivity index (χ1v) is 10.6. The van der Waals surface area contributed by atoms with Gasteiger partial charge in [0.2, 0.25) is 5.91 Å². The van der Waals surface area contributed by atoms with Gasteiger partial charge < -0.3 is 15.1 Å². The Labute approximate surface area is 185 Å². The molecule has 1 aliphatic rings. The second kappa shape index (κ2) is 9.66. The highest BCUT2D eigenvalue weighted by Crippen LogP contribution is 2.22. The third-order valence-corrected chi connectivity index (χ3v) is 5.49. The molecule has 1 fully saturated rings. The summed E-state index contributed by atoms with van der Waals surface area (Å²) in [7, 11) is 0. The monoisotopic (exact) mass is 437 g/mol. The molecule has 0 spiro atoms. The fourth-order valence-electron chi connectivity index (χ4n) is 3.58. The predicted octanol–water partition coefficient (Wildman–Crippen LogP) is 2.54. The molecule has 4 rings (SSSR count). The van der Waals surface area contributed by atoms with Gasteiger partial charge in [-0.05, 0) is 29.8 Å². The lowest BCUT2D eigenvalue weighted by molar-refractivity contribution is -0.122. The van der Waals surface area contributed by atoms with Gasteiger partial charge in [0, 0.05) is 49.5 Å². The van der Waals surface area contributed by atoms with Crippen molar-refractivity contribution in [3.63, 3.8) is 0 Å². The van der Waals surface area contributed by atoms with Gasteiger partial charge in [0.25, 0.3) is 5.56 Å². The van der Waals surface area contributed by atoms with E-state index in [0.717, 1.165) is 42.5 Å². The Hall–Kier alpha value is -3.32. The van der Waals surface area contributed by atoms with E-state index < -0.39 is 0 Å². The molecule has 0 unspecified atom stereocenters. The zero-order valence-corrected chi connectivity index (χ0v) is 17.8. The van der Waals surface area contributed by atoms with Gasteiger partial charge in [-0.3, -0.25) is 9.59 Å². The first-order valence-electron chi connectivity index (χ1n) is 10.2. The number of benzene rings is 2. The molecule has 31 heavy (non-hydrogen) atoms. The Bertz CT molecular complexity index is 1090. The number of hydrogen-bond donors (Lipinski definition) is 1. The number of carbonyl (C=O) groups excluding carboxylic acids is 1. The molecule has 0 radical (unpaired) electrons. The molecule has 7 nitrogen and oxygen atoms in total. The SMILES string of the molecule is O=C(Cn1nc(N2CCN(c3cccc(Cl)c3)CC2)ccc1=O)NCc1ccccc1. The van der Waals surface area contributed by atoms with Crippen molar-refractivity contribution in [1.29, 1.82) is 0 Å². The minimum absolute atomic E-state index is 0.109. The maximum absolute atomic E-state index is 12.3. The number of nitrogens with zero attached hydrogens (tertiary/aromatic N) is 4. The maximum atomic E-state index is 12.3. The number of piperazine rings is 1. The molecule has 3 aromatic rings. The molecule has 2 aromatic carbocycles. The minimum Gasteiger partial charge on any atom is -0.368 e. The average molecular weight is 438 g/mol. The Morgan fingerprint density at radius 3 is 2.42 bits per heavy atom. The number of aromatic nitrogens is 2. The molecular weight excluding hydrogens is 414 g/mol. The Balaban J connectivity index is 1.36. The first-order chi connectivity index (χ1) is 15.1. The fraction of sp³-hybridized carbons (Fsp3) is 0.261. The van der Waals surface area contributed by atoms with Gasteiger partial charge in [-0.25, -0.2) is 4.68 Å². The first kappa shape index (κ1) is 20.9. The molecule has 160 valence electrons. The van der Waals surface area contributed by atoms with Crippen molar-refractivity contribution < 1.29 is 4.79 Å². The van der Waals surface area contributed by atoms with E-state index in [9.17, 15) is 9.59 Å². The van der Waals surface area contributed by atoms with Gasteiger partial charge in [0.05, 0.1) is 0 Å². The van der Waals surface area contributed by atoms with Gasteiger partial charge in [0.1, 0.15) is 12.4 Å². The van der Waals surface area contributed by atoms with E-state index in [2.05, 4.69) is 20.2 Å². The summed E-state index contributed by atoms with van der Waals surface area (Å²) in [6, 6.07) is 20.7. The van der Waals surface area contributed by atoms with Crippen LogP contribution >= 0.6 is 11.6 Å². The van der Waals surface area contributed by atoms with Crippen LogP contribution < -0.4 is 20.7 Å². The number of amides is 1. The summed E-state index contributed by atoms with van der Waals surface area (Å²) < 4.78 is 1.22. The molecule has 0 bridgehead atoms. The second-order valence-electron chi connectivity index (χ2n) is 7.40. The smallest absolute Gasteiger partial charge is 0.267 e. The second-order valence-corrected chi connectivity index (χ2v) is 7.84. The number of carbonyl (C=O) groups is 1. The number of halogens is 1. The molecular formula is C23H24ClN5O2. The molecule has 8 heteroatoms. The molecule has 1 aliphatic heterocycles. The third-order valence-electron chi connectivity index (χ3n) is 5.26. The molecule has 1 aromatic heterocycles. The van der Waals surface area contributed by atoms with E-state index in [-0.39, 0.29) is 18.0 Å². The highest BCUT2D eigenvalue weighted by Gasteiger charge is 2.19. The number of hydrogen-bond acceptors (Lipinski definition) is 5. The van der Waals surface area contributed by atoms with E-state index in [1.165, 1.54) is 10.7 Å². The number of rotatable bonds is 6. The van der Waals surface area contributed by atoms with Crippen LogP contribution in [-0.2, 0) is 17.9 Å². The lowest BCUT2D eigenvalue weighted by Crippen LogP contribution is -2.47. The minimum atomic E-state index is -0.295. The molecule has 2 heterocycles. The summed E-state index contributed by atoms with van der Waals surface area (Å²) in [5.74, 6) is 0.447. The number of nitrogens with one attached hydrogen (secondary N) is 1. The highest BCUT2D eigenvalue weighted by molar-refractivity contribution is 6.30. The van der Waals surface area contributed by atoms with Crippen molar-refractivity contribution in [2.75, 3.05) is 36.0 Å². The maximum Gasteiger partial charge on any atom is 0.267 e. The molecule has 0 aliphatic carbocycles. The summed E-state index contributed by atoms with van der Waals surface area (Å²) in [5.41, 5.74) is 1.80. The number of anilines is 2. The van der Waals surface area contributed by atoms with Crippen molar-refractivity contribution in [2.24, 2.45) is 0 Å². The Morgan fingerprint density at radius 1 is 0.935 bits per heavy atom. The molecule has 0 atom stereocenters. The predicted molar refractivity (Wildman–Crippen MR) is 123 cm³/mol. The highest BCUT2D eigenvalue weighted by atomic mass is 35.5. The van der Waals surface area contributed by atoms with Gasteiger partial charge in [-0.2, -0.15) is 5.10 Å². The van der Waals surface area contributed by atoms with Gasteiger partial charge in [0.15, 0.2) is 0 Å². The molecule has 1 amide bonds. The quantitative estimate of drug-likeness (QED) is 0.641. The normalized spacial score (nSPS) is 13.8. The fourth-order valence-corrected chi connectivity index (χ4v) is 3.76. The van der Waals surface area contributed by atoms with Crippen molar-refractivity contribution >= 4 is 29.0 Å². The van der Waals surface area contributed by atoms with Crippen LogP contribution in [0.5, 0.6) is 0 Å². The van der Waals surface area contributed by atoms with Crippen LogP contribution in [0.2, 0.25) is 5.02 Å². The van der Waals surface area contributed by atoms with Crippen LogP contribution in [0.4, 0.5) is 11.5 Å². The van der Waals surface area contributed by atoms with E-state index in [1.54, 1.807) is 6.07 Å². The summed E-state index contributed by atoms with van der Waals surface area (Å²) in [6.45, 7) is 3.47.